The van der Waals surface area contributed by atoms with Gasteiger partial charge in [-0.05, 0) is 38.7 Å². The number of aromatic nitrogens is 4. The first-order chi connectivity index (χ1) is 28.7. The number of carbonyl (C=O) groups is 6. The zero-order valence-corrected chi connectivity index (χ0v) is 33.5. The number of amides is 2. The molecule has 334 valence electrons. The number of aryl methyl sites for hydroxylation is 3. The average Bonchev–Trinajstić information content (AvgIpc) is 3.23. The summed E-state index contributed by atoms with van der Waals surface area (Å²) in [6, 6.07) is 2.49. The van der Waals surface area contributed by atoms with Crippen LogP contribution >= 0.6 is 0 Å². The van der Waals surface area contributed by atoms with Crippen molar-refractivity contribution < 1.29 is 74.7 Å². The van der Waals surface area contributed by atoms with E-state index in [4.69, 9.17) is 5.11 Å². The molecule has 22 heteroatoms. The van der Waals surface area contributed by atoms with Crippen molar-refractivity contribution in [3.63, 3.8) is 0 Å². The zero-order valence-electron chi connectivity index (χ0n) is 33.5. The summed E-state index contributed by atoms with van der Waals surface area (Å²) >= 11 is 0. The SMILES string of the molecule is CC(=O)[C@@H](NC(=O)[C@H](C)CC(=O)[C@@H](NC(=O)CC[C@H](CC(=O)c1ccc(CCc2cnc3nc(C)[nH]c(=O)c3n2)cc1)C(=O)O)[C@@H](O)[C@H](O)[C@H](O)CO)[C@@H](O)[C@H](O)[C@H](O)CO. The van der Waals surface area contributed by atoms with E-state index in [0.29, 0.717) is 24.4 Å². The lowest BCUT2D eigenvalue weighted by atomic mass is 9.91. The smallest absolute Gasteiger partial charge is 0.306 e. The van der Waals surface area contributed by atoms with E-state index in [-0.39, 0.29) is 16.7 Å². The standard InChI is InChI=1S/C39H52N6O16/c1-17(37(58)45-29(18(2)48)34(56)32(54)26(51)15-46)12-25(50)30(35(57)33(55)27(52)16-47)44-28(53)11-9-22(39(60)61)13-24(49)21-7-4-20(5-8-21)6-10-23-14-40-36-31(43-23)38(59)42-19(3)41-36/h4-5,7-8,14,17,22,26-27,29-30,32-35,46-47,51-52,54-57H,6,9-13,15-16H2,1-3H3,(H,44,53)(H,45,58)(H,60,61)(H,40,41,42,59)/t17-,22-,26-,27-,29-,30-,32-,33-,34-,35-/m1/s1. The molecule has 2 heterocycles. The van der Waals surface area contributed by atoms with E-state index in [2.05, 4.69) is 30.6 Å². The number of rotatable bonds is 25. The molecule has 0 aliphatic rings. The van der Waals surface area contributed by atoms with Crippen molar-refractivity contribution in [1.82, 2.24) is 30.6 Å². The number of nitrogens with one attached hydrogen (secondary N) is 3. The van der Waals surface area contributed by atoms with E-state index >= 15 is 0 Å². The van der Waals surface area contributed by atoms with Crippen LogP contribution in [0.25, 0.3) is 11.2 Å². The number of ketones is 3. The Balaban J connectivity index is 1.64. The van der Waals surface area contributed by atoms with Crippen LogP contribution in [-0.4, -0.2) is 163 Å². The summed E-state index contributed by atoms with van der Waals surface area (Å²) in [4.78, 5) is 104. The number of benzene rings is 1. The third-order valence-electron chi connectivity index (χ3n) is 9.93. The minimum atomic E-state index is -2.28. The molecule has 3 rings (SSSR count). The average molecular weight is 861 g/mol. The normalized spacial score (nSPS) is 16.5. The lowest BCUT2D eigenvalue weighted by Crippen LogP contribution is -2.57. The van der Waals surface area contributed by atoms with Crippen LogP contribution in [-0.2, 0) is 36.8 Å². The Labute approximate surface area is 347 Å². The Hall–Kier alpha value is -5.46. The molecule has 0 saturated heterocycles. The fourth-order valence-electron chi connectivity index (χ4n) is 6.19. The first-order valence-corrected chi connectivity index (χ1v) is 19.2. The molecule has 0 radical (unpaired) electrons. The molecule has 61 heavy (non-hydrogen) atoms. The van der Waals surface area contributed by atoms with Gasteiger partial charge < -0.3 is 61.6 Å². The Kier molecular flexibility index (Phi) is 18.8. The topological polar surface area (TPSA) is 380 Å². The number of nitrogens with zero attached hydrogens (tertiary/aromatic N) is 3. The van der Waals surface area contributed by atoms with Gasteiger partial charge in [-0.25, -0.2) is 15.0 Å². The lowest BCUT2D eigenvalue weighted by molar-refractivity contribution is -0.143. The van der Waals surface area contributed by atoms with Crippen LogP contribution in [0.4, 0.5) is 0 Å². The van der Waals surface area contributed by atoms with Gasteiger partial charge in [0.1, 0.15) is 54.5 Å². The number of aromatic amines is 1. The fourth-order valence-corrected chi connectivity index (χ4v) is 6.19. The van der Waals surface area contributed by atoms with E-state index < -0.39 is 140 Å². The van der Waals surface area contributed by atoms with Crippen LogP contribution in [0.3, 0.4) is 0 Å². The second kappa shape index (κ2) is 22.9. The molecule has 2 amide bonds. The molecule has 0 unspecified atom stereocenters. The maximum absolute atomic E-state index is 13.4. The Morgan fingerprint density at radius 1 is 0.787 bits per heavy atom. The van der Waals surface area contributed by atoms with Gasteiger partial charge >= 0.3 is 5.97 Å². The minimum absolute atomic E-state index is 0.103. The van der Waals surface area contributed by atoms with Crippen molar-refractivity contribution in [3.05, 3.63) is 63.5 Å². The number of aliphatic carboxylic acids is 1. The highest BCUT2D eigenvalue weighted by Gasteiger charge is 2.39. The summed E-state index contributed by atoms with van der Waals surface area (Å²) in [6.07, 6.45) is -12.5. The first-order valence-electron chi connectivity index (χ1n) is 19.2. The summed E-state index contributed by atoms with van der Waals surface area (Å²) in [7, 11) is 0. The maximum atomic E-state index is 13.4. The fraction of sp³-hybridized carbons (Fsp3) is 0.538. The molecule has 0 aliphatic carbocycles. The Morgan fingerprint density at radius 2 is 1.38 bits per heavy atom. The number of carboxylic acids is 1. The van der Waals surface area contributed by atoms with Gasteiger partial charge in [0, 0.05) is 30.7 Å². The summed E-state index contributed by atoms with van der Waals surface area (Å²) < 4.78 is 0. The van der Waals surface area contributed by atoms with Crippen LogP contribution in [0.5, 0.6) is 0 Å². The Morgan fingerprint density at radius 3 is 1.93 bits per heavy atom. The highest BCUT2D eigenvalue weighted by Crippen LogP contribution is 2.19. The van der Waals surface area contributed by atoms with Crippen molar-refractivity contribution in [3.8, 4) is 0 Å². The molecule has 1 aromatic carbocycles. The zero-order chi connectivity index (χ0) is 45.7. The summed E-state index contributed by atoms with van der Waals surface area (Å²) in [5.74, 6) is -8.41. The summed E-state index contributed by atoms with van der Waals surface area (Å²) in [6.45, 7) is 1.68. The largest absolute Gasteiger partial charge is 0.481 e. The molecule has 0 spiro atoms. The van der Waals surface area contributed by atoms with Crippen molar-refractivity contribution in [1.29, 1.82) is 0 Å². The molecule has 0 bridgehead atoms. The molecule has 0 saturated carbocycles. The number of carbonyl (C=O) groups excluding carboxylic acids is 5. The number of hydrogen-bond acceptors (Lipinski definition) is 18. The van der Waals surface area contributed by atoms with Gasteiger partial charge in [0.05, 0.1) is 31.0 Å². The van der Waals surface area contributed by atoms with Crippen molar-refractivity contribution in [2.45, 2.75) is 108 Å². The number of H-pyrrole nitrogens is 1. The van der Waals surface area contributed by atoms with Crippen LogP contribution in [0.1, 0.15) is 67.0 Å². The van der Waals surface area contributed by atoms with Crippen LogP contribution in [0.2, 0.25) is 0 Å². The Bertz CT molecular complexity index is 2080. The van der Waals surface area contributed by atoms with Gasteiger partial charge in [-0.2, -0.15) is 0 Å². The van der Waals surface area contributed by atoms with Crippen LogP contribution in [0.15, 0.2) is 35.3 Å². The quantitative estimate of drug-likeness (QED) is 0.0363. The lowest BCUT2D eigenvalue weighted by Gasteiger charge is -2.30. The third kappa shape index (κ3) is 14.0. The second-order valence-electron chi connectivity index (χ2n) is 14.8. The van der Waals surface area contributed by atoms with Crippen molar-refractivity contribution in [2.75, 3.05) is 13.2 Å². The number of aliphatic hydroxyl groups is 8. The van der Waals surface area contributed by atoms with Gasteiger partial charge in [0.15, 0.2) is 28.5 Å². The maximum Gasteiger partial charge on any atom is 0.306 e. The van der Waals surface area contributed by atoms with Crippen molar-refractivity contribution >= 4 is 46.3 Å². The monoisotopic (exact) mass is 860 g/mol. The minimum Gasteiger partial charge on any atom is -0.481 e. The van der Waals surface area contributed by atoms with Gasteiger partial charge in [-0.3, -0.25) is 33.6 Å². The van der Waals surface area contributed by atoms with Gasteiger partial charge in [0.2, 0.25) is 11.8 Å². The number of Topliss-reactive ketones (excluding diaryl/α,β-unsaturated/α-hetero) is 3. The number of carboxylic acid groups (broad SMARTS) is 1. The van der Waals surface area contributed by atoms with Gasteiger partial charge in [-0.15, -0.1) is 0 Å². The molecule has 3 aromatic rings. The number of fused-ring (bicyclic) bond motifs is 1. The third-order valence-corrected chi connectivity index (χ3v) is 9.93. The summed E-state index contributed by atoms with van der Waals surface area (Å²) in [5, 5.41) is 93.5. The molecular formula is C39H52N6O16. The molecule has 0 aliphatic heterocycles. The predicted octanol–water partition coefficient (Wildman–Crippen LogP) is -3.84. The molecule has 2 aromatic heterocycles. The molecular weight excluding hydrogens is 808 g/mol. The van der Waals surface area contributed by atoms with E-state index in [1.54, 1.807) is 19.1 Å². The van der Waals surface area contributed by atoms with Gasteiger partial charge in [0.25, 0.3) is 5.56 Å². The molecule has 22 nitrogen and oxygen atoms in total. The highest BCUT2D eigenvalue weighted by molar-refractivity contribution is 5.98. The van der Waals surface area contributed by atoms with E-state index in [1.165, 1.54) is 25.3 Å². The van der Waals surface area contributed by atoms with Gasteiger partial charge in [-0.1, -0.05) is 31.2 Å². The number of hydrogen-bond donors (Lipinski definition) is 12. The molecule has 0 fully saturated rings. The van der Waals surface area contributed by atoms with E-state index in [0.717, 1.165) is 12.5 Å². The molecule has 12 N–H and O–H groups in total. The second-order valence-corrected chi connectivity index (χ2v) is 14.8. The summed E-state index contributed by atoms with van der Waals surface area (Å²) in [5.41, 5.74) is 1.43. The molecule has 10 atom stereocenters. The van der Waals surface area contributed by atoms with E-state index in [1.807, 2.05) is 0 Å². The van der Waals surface area contributed by atoms with Crippen LogP contribution < -0.4 is 16.2 Å². The predicted molar refractivity (Wildman–Crippen MR) is 209 cm³/mol. The van der Waals surface area contributed by atoms with E-state index in [9.17, 15) is 74.4 Å². The highest BCUT2D eigenvalue weighted by atomic mass is 16.4. The van der Waals surface area contributed by atoms with Crippen molar-refractivity contribution in [2.24, 2.45) is 11.8 Å². The first kappa shape index (κ1) is 49.9. The van der Waals surface area contributed by atoms with Crippen LogP contribution in [0, 0.1) is 18.8 Å². The number of aliphatic hydroxyl groups excluding tert-OH is 8.